The van der Waals surface area contributed by atoms with Crippen molar-refractivity contribution in [2.24, 2.45) is 5.41 Å². The smallest absolute Gasteiger partial charge is 0.263 e. The van der Waals surface area contributed by atoms with E-state index in [2.05, 4.69) is 31.9 Å². The molecule has 190 valence electrons. The topological polar surface area (TPSA) is 85.6 Å². The minimum absolute atomic E-state index is 0.130. The molecule has 2 aliphatic rings. The maximum atomic E-state index is 13.9. The van der Waals surface area contributed by atoms with E-state index in [-0.39, 0.29) is 28.5 Å². The Bertz CT molecular complexity index is 1350. The number of likely N-dealkylation sites (tertiary alicyclic amines) is 1. The predicted octanol–water partition coefficient (Wildman–Crippen LogP) is 4.08. The molecule has 3 heterocycles. The van der Waals surface area contributed by atoms with Gasteiger partial charge in [0.15, 0.2) is 5.82 Å². The Hall–Kier alpha value is -4.03. The first-order chi connectivity index (χ1) is 17.9. The van der Waals surface area contributed by atoms with Gasteiger partial charge in [0.1, 0.15) is 11.6 Å². The number of ether oxygens (including phenoxy) is 1. The number of carbonyl (C=O) groups excluding carboxylic acids is 1. The molecule has 1 aromatic heterocycles. The average Bonchev–Trinajstić information content (AvgIpc) is 2.88. The molecule has 0 N–H and O–H groups in total. The largest absolute Gasteiger partial charge is 0.435 e. The van der Waals surface area contributed by atoms with E-state index in [1.807, 2.05) is 18.2 Å². The number of aromatic nitrogens is 2. The fourth-order valence-electron chi connectivity index (χ4n) is 5.32. The summed E-state index contributed by atoms with van der Waals surface area (Å²) in [7, 11) is 3.22. The van der Waals surface area contributed by atoms with Gasteiger partial charge < -0.3 is 14.5 Å². The van der Waals surface area contributed by atoms with Gasteiger partial charge in [-0.1, -0.05) is 12.1 Å². The maximum absolute atomic E-state index is 13.9. The number of amides is 1. The number of nitriles is 1. The number of hydrogen-bond donors (Lipinski definition) is 0. The number of hydrogen-bond acceptors (Lipinski definition) is 7. The van der Waals surface area contributed by atoms with Crippen molar-refractivity contribution in [3.63, 3.8) is 0 Å². The maximum Gasteiger partial charge on any atom is 0.263 e. The lowest BCUT2D eigenvalue weighted by Crippen LogP contribution is -2.63. The normalized spacial score (nSPS) is 16.6. The second-order valence-electron chi connectivity index (χ2n) is 10.1. The highest BCUT2D eigenvalue weighted by molar-refractivity contribution is 5.96. The van der Waals surface area contributed by atoms with Gasteiger partial charge in [0.05, 0.1) is 17.2 Å². The molecule has 0 saturated carbocycles. The van der Waals surface area contributed by atoms with E-state index in [0.717, 1.165) is 51.1 Å². The molecule has 3 aromatic rings. The van der Waals surface area contributed by atoms with E-state index in [9.17, 15) is 14.4 Å². The van der Waals surface area contributed by atoms with Crippen molar-refractivity contribution in [1.29, 1.82) is 5.26 Å². The van der Waals surface area contributed by atoms with Crippen LogP contribution in [0.4, 0.5) is 10.2 Å². The first-order valence-corrected chi connectivity index (χ1v) is 12.3. The highest BCUT2D eigenvalue weighted by Gasteiger charge is 2.47. The van der Waals surface area contributed by atoms with Crippen molar-refractivity contribution in [2.45, 2.75) is 19.4 Å². The van der Waals surface area contributed by atoms with E-state index in [0.29, 0.717) is 11.4 Å². The third kappa shape index (κ3) is 5.25. The van der Waals surface area contributed by atoms with Crippen LogP contribution in [0.25, 0.3) is 0 Å². The van der Waals surface area contributed by atoms with Gasteiger partial charge in [0, 0.05) is 58.1 Å². The van der Waals surface area contributed by atoms with Crippen LogP contribution in [0.15, 0.2) is 54.9 Å². The third-order valence-electron chi connectivity index (χ3n) is 6.99. The Morgan fingerprint density at radius 3 is 2.76 bits per heavy atom. The average molecular weight is 501 g/mol. The lowest BCUT2D eigenvalue weighted by atomic mass is 9.73. The first kappa shape index (κ1) is 24.7. The number of carbonyl (C=O) groups is 1. The van der Waals surface area contributed by atoms with E-state index in [1.165, 1.54) is 23.1 Å². The number of rotatable bonds is 6. The van der Waals surface area contributed by atoms with Crippen LogP contribution >= 0.6 is 0 Å². The van der Waals surface area contributed by atoms with Gasteiger partial charge in [-0.2, -0.15) is 5.26 Å². The molecule has 0 unspecified atom stereocenters. The zero-order chi connectivity index (χ0) is 26.0. The van der Waals surface area contributed by atoms with Gasteiger partial charge in [-0.25, -0.2) is 14.4 Å². The lowest BCUT2D eigenvalue weighted by molar-refractivity contribution is 0.0564. The molecule has 2 saturated heterocycles. The quantitative estimate of drug-likeness (QED) is 0.504. The van der Waals surface area contributed by atoms with Crippen LogP contribution in [0.2, 0.25) is 0 Å². The minimum Gasteiger partial charge on any atom is -0.435 e. The van der Waals surface area contributed by atoms with Gasteiger partial charge in [0.2, 0.25) is 0 Å². The Balaban J connectivity index is 1.29. The van der Waals surface area contributed by atoms with Crippen molar-refractivity contribution in [1.82, 2.24) is 19.8 Å². The molecule has 1 spiro atoms. The van der Waals surface area contributed by atoms with E-state index in [1.54, 1.807) is 26.5 Å². The molecule has 0 bridgehead atoms. The summed E-state index contributed by atoms with van der Waals surface area (Å²) in [4.78, 5) is 27.5. The minimum atomic E-state index is -0.511. The van der Waals surface area contributed by atoms with Gasteiger partial charge in [-0.05, 0) is 55.3 Å². The van der Waals surface area contributed by atoms with Crippen LogP contribution < -0.4 is 9.64 Å². The molecule has 8 nitrogen and oxygen atoms in total. The zero-order valence-corrected chi connectivity index (χ0v) is 21.0. The summed E-state index contributed by atoms with van der Waals surface area (Å²) < 4.78 is 20.0. The number of piperidine rings is 1. The van der Waals surface area contributed by atoms with Crippen LogP contribution in [-0.2, 0) is 6.54 Å². The molecule has 9 heteroatoms. The zero-order valence-electron chi connectivity index (χ0n) is 21.0. The Morgan fingerprint density at radius 2 is 1.97 bits per heavy atom. The lowest BCUT2D eigenvalue weighted by Gasteiger charge is -2.55. The fraction of sp³-hybridized carbons (Fsp3) is 0.357. The second kappa shape index (κ2) is 10.1. The third-order valence-corrected chi connectivity index (χ3v) is 6.99. The molecular formula is C28H29FN6O2. The van der Waals surface area contributed by atoms with Crippen molar-refractivity contribution in [2.75, 3.05) is 45.2 Å². The Kier molecular flexibility index (Phi) is 6.76. The summed E-state index contributed by atoms with van der Waals surface area (Å²) in [6.07, 6.45) is 5.41. The van der Waals surface area contributed by atoms with Gasteiger partial charge in [-0.15, -0.1) is 0 Å². The molecular weight excluding hydrogens is 471 g/mol. The summed E-state index contributed by atoms with van der Waals surface area (Å²) >= 11 is 0. The SMILES string of the molecule is CN(C)C(=O)c1cc(F)ccc1Oc1nccnc1N1CC2(CCCN(Cc3cccc(C#N)c3)C2)C1. The predicted molar refractivity (Wildman–Crippen MR) is 137 cm³/mol. The van der Waals surface area contributed by atoms with E-state index in [4.69, 9.17) is 4.74 Å². The molecule has 2 aromatic carbocycles. The molecule has 2 aliphatic heterocycles. The van der Waals surface area contributed by atoms with Crippen molar-refractivity contribution >= 4 is 11.7 Å². The molecule has 2 fully saturated rings. The van der Waals surface area contributed by atoms with Crippen molar-refractivity contribution in [3.05, 3.63) is 77.4 Å². The standard InChI is InChI=1S/C28H29FN6O2/c1-33(2)27(36)23-14-22(29)7-8-24(23)37-26-25(31-10-11-32-26)35-18-28(19-35)9-4-12-34(17-28)16-21-6-3-5-20(13-21)15-30/h3,5-8,10-11,13-14H,4,9,12,16-19H2,1-2H3. The highest BCUT2D eigenvalue weighted by Crippen LogP contribution is 2.43. The van der Waals surface area contributed by atoms with Crippen molar-refractivity contribution in [3.8, 4) is 17.7 Å². The van der Waals surface area contributed by atoms with Crippen LogP contribution in [0.1, 0.15) is 34.3 Å². The van der Waals surface area contributed by atoms with Crippen LogP contribution in [0, 0.1) is 22.6 Å². The number of anilines is 1. The fourth-order valence-corrected chi connectivity index (χ4v) is 5.32. The second-order valence-corrected chi connectivity index (χ2v) is 10.1. The molecule has 0 atom stereocenters. The summed E-state index contributed by atoms with van der Waals surface area (Å²) in [5.41, 5.74) is 2.12. The molecule has 0 radical (unpaired) electrons. The number of halogens is 1. The summed E-state index contributed by atoms with van der Waals surface area (Å²) in [5.74, 6) is 0.270. The molecule has 1 amide bonds. The summed E-state index contributed by atoms with van der Waals surface area (Å²) in [6.45, 7) is 4.47. The van der Waals surface area contributed by atoms with Crippen molar-refractivity contribution < 1.29 is 13.9 Å². The Morgan fingerprint density at radius 1 is 1.16 bits per heavy atom. The number of benzene rings is 2. The first-order valence-electron chi connectivity index (χ1n) is 12.3. The Labute approximate surface area is 215 Å². The molecule has 37 heavy (non-hydrogen) atoms. The van der Waals surface area contributed by atoms with Gasteiger partial charge in [-0.3, -0.25) is 9.69 Å². The molecule has 5 rings (SSSR count). The van der Waals surface area contributed by atoms with Gasteiger partial charge >= 0.3 is 0 Å². The number of nitrogens with zero attached hydrogens (tertiary/aromatic N) is 6. The summed E-state index contributed by atoms with van der Waals surface area (Å²) in [6, 6.07) is 13.9. The molecule has 0 aliphatic carbocycles. The monoisotopic (exact) mass is 500 g/mol. The van der Waals surface area contributed by atoms with Crippen LogP contribution in [-0.4, -0.2) is 65.9 Å². The van der Waals surface area contributed by atoms with Gasteiger partial charge in [0.25, 0.3) is 11.8 Å². The highest BCUT2D eigenvalue weighted by atomic mass is 19.1. The van der Waals surface area contributed by atoms with Crippen LogP contribution in [0.5, 0.6) is 11.6 Å². The van der Waals surface area contributed by atoms with E-state index >= 15 is 0 Å². The summed E-state index contributed by atoms with van der Waals surface area (Å²) in [5, 5.41) is 9.20. The van der Waals surface area contributed by atoms with Crippen LogP contribution in [0.3, 0.4) is 0 Å². The van der Waals surface area contributed by atoms with E-state index < -0.39 is 5.82 Å².